The van der Waals surface area contributed by atoms with Crippen molar-refractivity contribution in [2.75, 3.05) is 19.0 Å². The summed E-state index contributed by atoms with van der Waals surface area (Å²) in [6.07, 6.45) is 0. The van der Waals surface area contributed by atoms with Gasteiger partial charge in [-0.2, -0.15) is 0 Å². The molecule has 0 aliphatic heterocycles. The van der Waals surface area contributed by atoms with Crippen LogP contribution in [-0.4, -0.2) is 30.6 Å². The van der Waals surface area contributed by atoms with E-state index < -0.39 is 18.5 Å². The molecule has 156 valence electrons. The number of methoxy groups -OCH3 is 1. The quantitative estimate of drug-likeness (QED) is 0.366. The van der Waals surface area contributed by atoms with Crippen molar-refractivity contribution in [2.45, 2.75) is 17.0 Å². The zero-order valence-electron chi connectivity index (χ0n) is 16.3. The van der Waals surface area contributed by atoms with Gasteiger partial charge in [0.15, 0.2) is 6.61 Å². The van der Waals surface area contributed by atoms with E-state index in [1.54, 1.807) is 53.4 Å². The van der Waals surface area contributed by atoms with E-state index in [-0.39, 0.29) is 0 Å². The Labute approximate surface area is 187 Å². The molecule has 0 saturated heterocycles. The van der Waals surface area contributed by atoms with E-state index in [1.165, 1.54) is 7.11 Å². The lowest BCUT2D eigenvalue weighted by Gasteiger charge is -2.12. The molecule has 3 rings (SSSR count). The molecule has 1 N–H and O–H groups in total. The molecule has 0 bridgehead atoms. The lowest BCUT2D eigenvalue weighted by Crippen LogP contribution is -2.21. The summed E-state index contributed by atoms with van der Waals surface area (Å²) < 4.78 is 11.3. The second-order valence-corrected chi connectivity index (χ2v) is 8.69. The number of amides is 1. The van der Waals surface area contributed by atoms with Gasteiger partial charge < -0.3 is 14.8 Å². The van der Waals surface area contributed by atoms with Crippen molar-refractivity contribution in [2.24, 2.45) is 0 Å². The Bertz CT molecular complexity index is 1050. The normalized spacial score (nSPS) is 10.5. The number of benzene rings is 2. The molecular weight excluding hydrogens is 444 g/mol. The smallest absolute Gasteiger partial charge is 0.338 e. The van der Waals surface area contributed by atoms with Crippen molar-refractivity contribution in [3.8, 4) is 5.75 Å². The van der Waals surface area contributed by atoms with Crippen molar-refractivity contribution in [1.82, 2.24) is 4.98 Å². The van der Waals surface area contributed by atoms with Crippen LogP contribution < -0.4 is 10.1 Å². The van der Waals surface area contributed by atoms with Crippen LogP contribution in [0.5, 0.6) is 5.75 Å². The molecule has 2 aromatic carbocycles. The van der Waals surface area contributed by atoms with E-state index in [0.717, 1.165) is 15.6 Å². The molecule has 0 aliphatic carbocycles. The molecule has 0 radical (unpaired) electrons. The summed E-state index contributed by atoms with van der Waals surface area (Å²) in [4.78, 5) is 29.2. The number of anilines is 1. The van der Waals surface area contributed by atoms with Gasteiger partial charge in [-0.05, 0) is 36.8 Å². The molecule has 0 spiro atoms. The topological polar surface area (TPSA) is 77.5 Å². The zero-order chi connectivity index (χ0) is 21.5. The van der Waals surface area contributed by atoms with Gasteiger partial charge in [0.25, 0.3) is 5.91 Å². The molecule has 9 heteroatoms. The molecule has 30 heavy (non-hydrogen) atoms. The van der Waals surface area contributed by atoms with Gasteiger partial charge >= 0.3 is 5.97 Å². The number of halogens is 1. The molecule has 0 fully saturated rings. The van der Waals surface area contributed by atoms with E-state index in [9.17, 15) is 9.59 Å². The minimum absolute atomic E-state index is 0.404. The summed E-state index contributed by atoms with van der Waals surface area (Å²) >= 11 is 9.08. The SMILES string of the molecule is COc1ccc(Cl)cc1NC(=O)COC(=O)c1ccccc1CSc1nc(C)cs1. The number of aromatic nitrogens is 1. The maximum atomic E-state index is 12.5. The number of hydrogen-bond donors (Lipinski definition) is 1. The minimum atomic E-state index is -0.560. The lowest BCUT2D eigenvalue weighted by atomic mass is 10.1. The third-order valence-electron chi connectivity index (χ3n) is 3.96. The van der Waals surface area contributed by atoms with Gasteiger partial charge in [0.2, 0.25) is 0 Å². The Morgan fingerprint density at radius 3 is 2.77 bits per heavy atom. The van der Waals surface area contributed by atoms with E-state index >= 15 is 0 Å². The Balaban J connectivity index is 1.59. The molecule has 6 nitrogen and oxygen atoms in total. The summed E-state index contributed by atoms with van der Waals surface area (Å²) in [7, 11) is 1.49. The minimum Gasteiger partial charge on any atom is -0.495 e. The van der Waals surface area contributed by atoms with Crippen molar-refractivity contribution >= 4 is 52.3 Å². The molecule has 0 atom stereocenters. The van der Waals surface area contributed by atoms with E-state index in [2.05, 4.69) is 10.3 Å². The average Bonchev–Trinajstić information content (AvgIpc) is 3.16. The van der Waals surface area contributed by atoms with Gasteiger partial charge in [0, 0.05) is 21.8 Å². The highest BCUT2D eigenvalue weighted by Crippen LogP contribution is 2.28. The highest BCUT2D eigenvalue weighted by Gasteiger charge is 2.16. The van der Waals surface area contributed by atoms with Crippen LogP contribution in [-0.2, 0) is 15.3 Å². The fourth-order valence-electron chi connectivity index (χ4n) is 2.56. The second kappa shape index (κ2) is 10.5. The van der Waals surface area contributed by atoms with Crippen molar-refractivity contribution < 1.29 is 19.1 Å². The van der Waals surface area contributed by atoms with Gasteiger partial charge in [-0.15, -0.1) is 11.3 Å². The first-order chi connectivity index (χ1) is 14.5. The summed E-state index contributed by atoms with van der Waals surface area (Å²) in [6.45, 7) is 1.51. The van der Waals surface area contributed by atoms with Crippen LogP contribution in [0, 0.1) is 6.92 Å². The molecule has 0 saturated carbocycles. The fourth-order valence-corrected chi connectivity index (χ4v) is 4.58. The average molecular weight is 463 g/mol. The fraction of sp³-hybridized carbons (Fsp3) is 0.190. The lowest BCUT2D eigenvalue weighted by molar-refractivity contribution is -0.119. The molecule has 1 amide bonds. The van der Waals surface area contributed by atoms with Gasteiger partial charge in [-0.3, -0.25) is 4.79 Å². The van der Waals surface area contributed by atoms with E-state index in [4.69, 9.17) is 21.1 Å². The number of ether oxygens (including phenoxy) is 2. The predicted molar refractivity (Wildman–Crippen MR) is 120 cm³/mol. The molecule has 1 aromatic heterocycles. The Kier molecular flexibility index (Phi) is 7.73. The van der Waals surface area contributed by atoms with E-state index in [0.29, 0.717) is 27.8 Å². The van der Waals surface area contributed by atoms with Crippen molar-refractivity contribution in [3.63, 3.8) is 0 Å². The first-order valence-corrected chi connectivity index (χ1v) is 11.1. The van der Waals surface area contributed by atoms with Crippen LogP contribution in [0.3, 0.4) is 0 Å². The third kappa shape index (κ3) is 5.98. The summed E-state index contributed by atoms with van der Waals surface area (Å²) in [5, 5.41) is 5.07. The number of nitrogens with one attached hydrogen (secondary N) is 1. The van der Waals surface area contributed by atoms with E-state index in [1.807, 2.05) is 24.4 Å². The number of carbonyl (C=O) groups excluding carboxylic acids is 2. The van der Waals surface area contributed by atoms with Crippen molar-refractivity contribution in [1.29, 1.82) is 0 Å². The maximum Gasteiger partial charge on any atom is 0.338 e. The maximum absolute atomic E-state index is 12.5. The van der Waals surface area contributed by atoms with Crippen LogP contribution in [0.25, 0.3) is 0 Å². The molecule has 1 heterocycles. The van der Waals surface area contributed by atoms with Crippen LogP contribution in [0.2, 0.25) is 5.02 Å². The van der Waals surface area contributed by atoms with Crippen LogP contribution in [0.15, 0.2) is 52.2 Å². The number of thiazole rings is 1. The Morgan fingerprint density at radius 2 is 2.03 bits per heavy atom. The number of aryl methyl sites for hydroxylation is 1. The Morgan fingerprint density at radius 1 is 1.23 bits per heavy atom. The number of thioether (sulfide) groups is 1. The predicted octanol–water partition coefficient (Wildman–Crippen LogP) is 5.20. The summed E-state index contributed by atoms with van der Waals surface area (Å²) in [5.41, 5.74) is 2.61. The number of esters is 1. The van der Waals surface area contributed by atoms with Crippen molar-refractivity contribution in [3.05, 3.63) is 69.7 Å². The molecule has 3 aromatic rings. The number of hydrogen-bond acceptors (Lipinski definition) is 7. The molecule has 0 unspecified atom stereocenters. The largest absolute Gasteiger partial charge is 0.495 e. The van der Waals surface area contributed by atoms with Crippen LogP contribution >= 0.6 is 34.7 Å². The van der Waals surface area contributed by atoms with Crippen LogP contribution in [0.1, 0.15) is 21.6 Å². The summed E-state index contributed by atoms with van der Waals surface area (Å²) in [6, 6.07) is 12.0. The highest BCUT2D eigenvalue weighted by atomic mass is 35.5. The van der Waals surface area contributed by atoms with Gasteiger partial charge in [-0.25, -0.2) is 9.78 Å². The monoisotopic (exact) mass is 462 g/mol. The first kappa shape index (κ1) is 22.1. The highest BCUT2D eigenvalue weighted by molar-refractivity contribution is 8.00. The zero-order valence-corrected chi connectivity index (χ0v) is 18.7. The summed E-state index contributed by atoms with van der Waals surface area (Å²) in [5.74, 6) is -0.0212. The second-order valence-electron chi connectivity index (χ2n) is 6.17. The molecular formula is C21H19ClN2O4S2. The Hall–Kier alpha value is -2.55. The number of carbonyl (C=O) groups is 2. The van der Waals surface area contributed by atoms with Gasteiger partial charge in [-0.1, -0.05) is 41.6 Å². The van der Waals surface area contributed by atoms with Gasteiger partial charge in [0.1, 0.15) is 10.1 Å². The number of rotatable bonds is 8. The molecule has 0 aliphatic rings. The van der Waals surface area contributed by atoms with Crippen LogP contribution in [0.4, 0.5) is 5.69 Å². The third-order valence-corrected chi connectivity index (χ3v) is 6.38. The first-order valence-electron chi connectivity index (χ1n) is 8.89. The standard InChI is InChI=1S/C21H19ClN2O4S2/c1-13-11-29-21(23-13)30-12-14-5-3-4-6-16(14)20(26)28-10-19(25)24-17-9-15(22)7-8-18(17)27-2/h3-9,11H,10,12H2,1-2H3,(H,24,25). The number of nitrogens with zero attached hydrogens (tertiary/aromatic N) is 1. The van der Waals surface area contributed by atoms with Gasteiger partial charge in [0.05, 0.1) is 18.4 Å².